The van der Waals surface area contributed by atoms with Gasteiger partial charge in [-0.1, -0.05) is 17.7 Å². The number of methoxy groups -OCH3 is 1. The normalized spacial score (nSPS) is 18.5. The molecule has 1 aromatic carbocycles. The molecular formula is C18H23N3O4S. The van der Waals surface area contributed by atoms with E-state index in [2.05, 4.69) is 10.2 Å². The molecule has 1 saturated heterocycles. The Morgan fingerprint density at radius 3 is 2.50 bits per heavy atom. The summed E-state index contributed by atoms with van der Waals surface area (Å²) < 4.78 is 38.4. The lowest BCUT2D eigenvalue weighted by molar-refractivity contribution is 0.123. The summed E-state index contributed by atoms with van der Waals surface area (Å²) in [6.07, 6.45) is 1.25. The maximum absolute atomic E-state index is 13.0. The molecule has 3 rings (SSSR count). The molecule has 1 fully saturated rings. The third-order valence-electron chi connectivity index (χ3n) is 4.40. The summed E-state index contributed by atoms with van der Waals surface area (Å²) in [6, 6.07) is 8.72. The van der Waals surface area contributed by atoms with E-state index >= 15 is 0 Å². The van der Waals surface area contributed by atoms with E-state index in [0.29, 0.717) is 29.7 Å². The van der Waals surface area contributed by atoms with Crippen molar-refractivity contribution in [3.05, 3.63) is 41.5 Å². The smallest absolute Gasteiger partial charge is 0.243 e. The largest absolute Gasteiger partial charge is 0.480 e. The summed E-state index contributed by atoms with van der Waals surface area (Å²) >= 11 is 0. The van der Waals surface area contributed by atoms with Crippen molar-refractivity contribution in [3.63, 3.8) is 0 Å². The lowest BCUT2D eigenvalue weighted by Gasteiger charge is -2.32. The Bertz CT molecular complexity index is 869. The van der Waals surface area contributed by atoms with Crippen LogP contribution in [0.5, 0.6) is 11.8 Å². The molecule has 0 N–H and O–H groups in total. The van der Waals surface area contributed by atoms with E-state index in [1.807, 2.05) is 26.0 Å². The van der Waals surface area contributed by atoms with Gasteiger partial charge in [-0.05, 0) is 38.3 Å². The fourth-order valence-electron chi connectivity index (χ4n) is 3.10. The summed E-state index contributed by atoms with van der Waals surface area (Å²) in [6.45, 7) is 4.56. The van der Waals surface area contributed by atoms with Crippen molar-refractivity contribution in [2.75, 3.05) is 20.2 Å². The molecule has 0 amide bonds. The van der Waals surface area contributed by atoms with Crippen LogP contribution in [0.1, 0.15) is 24.0 Å². The van der Waals surface area contributed by atoms with E-state index in [9.17, 15) is 8.42 Å². The first-order valence-electron chi connectivity index (χ1n) is 8.52. The average Bonchev–Trinajstić information content (AvgIpc) is 2.62. The number of aromatic nitrogens is 2. The van der Waals surface area contributed by atoms with Gasteiger partial charge in [0, 0.05) is 18.7 Å². The van der Waals surface area contributed by atoms with Crippen molar-refractivity contribution in [1.82, 2.24) is 14.5 Å². The van der Waals surface area contributed by atoms with Gasteiger partial charge in [0.05, 0.1) is 18.6 Å². The Balaban J connectivity index is 1.74. The van der Waals surface area contributed by atoms with Gasteiger partial charge in [-0.2, -0.15) is 4.31 Å². The highest BCUT2D eigenvalue weighted by Gasteiger charge is 2.32. The zero-order valence-corrected chi connectivity index (χ0v) is 16.0. The molecule has 8 heteroatoms. The van der Waals surface area contributed by atoms with Crippen molar-refractivity contribution in [1.29, 1.82) is 0 Å². The van der Waals surface area contributed by atoms with Gasteiger partial charge in [0.25, 0.3) is 0 Å². The highest BCUT2D eigenvalue weighted by atomic mass is 32.2. The van der Waals surface area contributed by atoms with Crippen LogP contribution in [0.25, 0.3) is 0 Å². The number of nitrogens with zero attached hydrogens (tertiary/aromatic N) is 3. The zero-order valence-electron chi connectivity index (χ0n) is 15.2. The SMILES string of the molecule is COc1ccc(OC2CCCN(S(=O)(=O)c3ccc(C)cc3C)C2)nn1. The summed E-state index contributed by atoms with van der Waals surface area (Å²) in [7, 11) is -2.03. The zero-order chi connectivity index (χ0) is 18.7. The van der Waals surface area contributed by atoms with Crippen LogP contribution in [-0.2, 0) is 10.0 Å². The molecular weight excluding hydrogens is 354 g/mol. The monoisotopic (exact) mass is 377 g/mol. The first-order chi connectivity index (χ1) is 12.4. The second-order valence-electron chi connectivity index (χ2n) is 6.43. The Labute approximate surface area is 154 Å². The van der Waals surface area contributed by atoms with Crippen molar-refractivity contribution in [2.24, 2.45) is 0 Å². The third kappa shape index (κ3) is 3.96. The van der Waals surface area contributed by atoms with Gasteiger partial charge in [0.1, 0.15) is 6.10 Å². The molecule has 2 heterocycles. The van der Waals surface area contributed by atoms with Gasteiger partial charge in [0.15, 0.2) is 0 Å². The van der Waals surface area contributed by atoms with Crippen LogP contribution in [0.3, 0.4) is 0 Å². The quantitative estimate of drug-likeness (QED) is 0.795. The van der Waals surface area contributed by atoms with Crippen molar-refractivity contribution in [3.8, 4) is 11.8 Å². The van der Waals surface area contributed by atoms with E-state index in [1.54, 1.807) is 18.2 Å². The van der Waals surface area contributed by atoms with Crippen molar-refractivity contribution in [2.45, 2.75) is 37.7 Å². The van der Waals surface area contributed by atoms with Gasteiger partial charge in [-0.25, -0.2) is 8.42 Å². The number of rotatable bonds is 5. The molecule has 2 aromatic rings. The van der Waals surface area contributed by atoms with Crippen molar-refractivity contribution >= 4 is 10.0 Å². The minimum atomic E-state index is -3.55. The summed E-state index contributed by atoms with van der Waals surface area (Å²) in [4.78, 5) is 0.355. The predicted octanol–water partition coefficient (Wildman–Crippen LogP) is 2.33. The Morgan fingerprint density at radius 2 is 1.85 bits per heavy atom. The first kappa shape index (κ1) is 18.6. The molecule has 1 aliphatic heterocycles. The van der Waals surface area contributed by atoms with Crippen molar-refractivity contribution < 1.29 is 17.9 Å². The van der Waals surface area contributed by atoms with E-state index in [4.69, 9.17) is 9.47 Å². The molecule has 0 saturated carbocycles. The van der Waals surface area contributed by atoms with E-state index < -0.39 is 10.0 Å². The van der Waals surface area contributed by atoms with Crippen LogP contribution in [-0.4, -0.2) is 49.2 Å². The molecule has 0 bridgehead atoms. The molecule has 1 aliphatic rings. The predicted molar refractivity (Wildman–Crippen MR) is 96.9 cm³/mol. The van der Waals surface area contributed by atoms with Crippen LogP contribution in [0, 0.1) is 13.8 Å². The molecule has 0 aliphatic carbocycles. The fourth-order valence-corrected chi connectivity index (χ4v) is 4.81. The number of aryl methyl sites for hydroxylation is 2. The molecule has 1 atom stereocenters. The third-order valence-corrected chi connectivity index (χ3v) is 6.43. The average molecular weight is 377 g/mol. The number of piperidine rings is 1. The van der Waals surface area contributed by atoms with Crippen LogP contribution in [0.15, 0.2) is 35.2 Å². The topological polar surface area (TPSA) is 81.6 Å². The van der Waals surface area contributed by atoms with Gasteiger partial charge in [-0.3, -0.25) is 0 Å². The standard InChI is InChI=1S/C18H23N3O4S/c1-13-6-7-16(14(2)11-13)26(22,23)21-10-4-5-15(12-21)25-18-9-8-17(24-3)19-20-18/h6-9,11,15H,4-5,10,12H2,1-3H3. The lowest BCUT2D eigenvalue weighted by Crippen LogP contribution is -2.44. The summed E-state index contributed by atoms with van der Waals surface area (Å²) in [5.74, 6) is 0.765. The Kier molecular flexibility index (Phi) is 5.43. The van der Waals surface area contributed by atoms with Crippen LogP contribution in [0.4, 0.5) is 0 Å². The van der Waals surface area contributed by atoms with E-state index in [-0.39, 0.29) is 6.10 Å². The van der Waals surface area contributed by atoms with Gasteiger partial charge >= 0.3 is 0 Å². The number of sulfonamides is 1. The van der Waals surface area contributed by atoms with Crippen LogP contribution >= 0.6 is 0 Å². The first-order valence-corrected chi connectivity index (χ1v) is 9.96. The summed E-state index contributed by atoms with van der Waals surface area (Å²) in [5.41, 5.74) is 1.80. The summed E-state index contributed by atoms with van der Waals surface area (Å²) in [5, 5.41) is 7.82. The number of hydrogen-bond donors (Lipinski definition) is 0. The molecule has 1 aromatic heterocycles. The number of ether oxygens (including phenoxy) is 2. The Morgan fingerprint density at radius 1 is 1.12 bits per heavy atom. The van der Waals surface area contributed by atoms with Crippen LogP contribution in [0.2, 0.25) is 0 Å². The molecule has 0 radical (unpaired) electrons. The maximum Gasteiger partial charge on any atom is 0.243 e. The van der Waals surface area contributed by atoms with E-state index in [0.717, 1.165) is 24.0 Å². The molecule has 26 heavy (non-hydrogen) atoms. The minimum absolute atomic E-state index is 0.257. The van der Waals surface area contributed by atoms with Gasteiger partial charge in [-0.15, -0.1) is 10.2 Å². The van der Waals surface area contributed by atoms with E-state index in [1.165, 1.54) is 11.4 Å². The number of benzene rings is 1. The second-order valence-corrected chi connectivity index (χ2v) is 8.33. The second kappa shape index (κ2) is 7.59. The van der Waals surface area contributed by atoms with Crippen LogP contribution < -0.4 is 9.47 Å². The minimum Gasteiger partial charge on any atom is -0.480 e. The highest BCUT2D eigenvalue weighted by Crippen LogP contribution is 2.25. The molecule has 1 unspecified atom stereocenters. The highest BCUT2D eigenvalue weighted by molar-refractivity contribution is 7.89. The molecule has 7 nitrogen and oxygen atoms in total. The fraction of sp³-hybridized carbons (Fsp3) is 0.444. The lowest BCUT2D eigenvalue weighted by atomic mass is 10.1. The van der Waals surface area contributed by atoms with Gasteiger partial charge < -0.3 is 9.47 Å². The maximum atomic E-state index is 13.0. The Hall–Kier alpha value is -2.19. The van der Waals surface area contributed by atoms with Gasteiger partial charge in [0.2, 0.25) is 21.8 Å². The number of hydrogen-bond acceptors (Lipinski definition) is 6. The molecule has 0 spiro atoms. The molecule has 140 valence electrons.